The van der Waals surface area contributed by atoms with Crippen molar-refractivity contribution in [2.24, 2.45) is 11.8 Å². The Labute approximate surface area is 415 Å². The zero-order valence-electron chi connectivity index (χ0n) is 40.3. The van der Waals surface area contributed by atoms with E-state index in [2.05, 4.69) is 73.0 Å². The first-order valence-electron chi connectivity index (χ1n) is 25.6. The van der Waals surface area contributed by atoms with E-state index in [0.717, 1.165) is 49.0 Å². The molecule has 68 heavy (non-hydrogen) atoms. The molecule has 0 amide bonds. The van der Waals surface area contributed by atoms with Crippen LogP contribution in [0, 0.1) is 11.8 Å². The summed E-state index contributed by atoms with van der Waals surface area (Å²) in [5.41, 5.74) is 3.83. The van der Waals surface area contributed by atoms with Gasteiger partial charge in [-0.25, -0.2) is 0 Å². The Morgan fingerprint density at radius 2 is 0.721 bits per heavy atom. The van der Waals surface area contributed by atoms with Gasteiger partial charge in [0.2, 0.25) is 11.6 Å². The molecule has 0 atom stereocenters. The monoisotopic (exact) mass is 962 g/mol. The molecule has 364 valence electrons. The Bertz CT molecular complexity index is 2080. The van der Waals surface area contributed by atoms with E-state index in [1.54, 1.807) is 48.5 Å². The second kappa shape index (κ2) is 26.7. The van der Waals surface area contributed by atoms with Crippen molar-refractivity contribution in [1.29, 1.82) is 0 Å². The number of ether oxygens (including phenoxy) is 4. The van der Waals surface area contributed by atoms with E-state index in [4.69, 9.17) is 42.1 Å². The highest BCUT2D eigenvalue weighted by Gasteiger charge is 2.34. The minimum absolute atomic E-state index is 0.0853. The summed E-state index contributed by atoms with van der Waals surface area (Å²) >= 11 is 13.0. The van der Waals surface area contributed by atoms with Gasteiger partial charge in [0.15, 0.2) is 0 Å². The van der Waals surface area contributed by atoms with E-state index in [9.17, 15) is 9.59 Å². The van der Waals surface area contributed by atoms with Crippen molar-refractivity contribution in [3.63, 3.8) is 0 Å². The van der Waals surface area contributed by atoms with Crippen LogP contribution in [0.1, 0.15) is 152 Å². The number of rotatable bonds is 26. The number of hydrogen-bond acceptors (Lipinski definition) is 8. The molecule has 0 heterocycles. The third kappa shape index (κ3) is 15.0. The molecule has 7 rings (SSSR count). The third-order valence-electron chi connectivity index (χ3n) is 14.0. The molecule has 4 aromatic rings. The molecule has 3 aliphatic carbocycles. The molecule has 0 aliphatic heterocycles. The molecule has 0 saturated heterocycles. The highest BCUT2D eigenvalue weighted by Crippen LogP contribution is 2.40. The lowest BCUT2D eigenvalue weighted by Gasteiger charge is -2.28. The Morgan fingerprint density at radius 1 is 0.426 bits per heavy atom. The summed E-state index contributed by atoms with van der Waals surface area (Å²) in [7, 11) is 0. The van der Waals surface area contributed by atoms with Crippen molar-refractivity contribution >= 4 is 46.1 Å². The van der Waals surface area contributed by atoms with Crippen LogP contribution in [-0.4, -0.2) is 38.0 Å². The summed E-state index contributed by atoms with van der Waals surface area (Å²) in [6.45, 7) is 6.90. The van der Waals surface area contributed by atoms with Crippen LogP contribution in [0.5, 0.6) is 23.0 Å². The van der Waals surface area contributed by atoms with Gasteiger partial charge in [-0.2, -0.15) is 0 Å². The zero-order valence-corrected chi connectivity index (χ0v) is 41.8. The Kier molecular flexibility index (Phi) is 20.0. The average Bonchev–Trinajstić information content (AvgIpc) is 3.38. The lowest BCUT2D eigenvalue weighted by Crippen LogP contribution is -2.27. The summed E-state index contributed by atoms with van der Waals surface area (Å²) < 4.78 is 23.9. The number of ketones is 2. The number of carbonyl (C=O) groups is 2. The fourth-order valence-electron chi connectivity index (χ4n) is 9.82. The number of halogens is 2. The number of carbonyl (C=O) groups excluding carboxylic acids is 2. The fourth-order valence-corrected chi connectivity index (χ4v) is 10.3. The summed E-state index contributed by atoms with van der Waals surface area (Å²) in [5.74, 6) is 5.21. The van der Waals surface area contributed by atoms with Gasteiger partial charge < -0.3 is 29.6 Å². The first-order chi connectivity index (χ1) is 33.3. The van der Waals surface area contributed by atoms with Gasteiger partial charge in [-0.15, -0.1) is 0 Å². The summed E-state index contributed by atoms with van der Waals surface area (Å²) in [6.07, 6.45) is 22.2. The van der Waals surface area contributed by atoms with Crippen molar-refractivity contribution < 1.29 is 28.5 Å². The fraction of sp³-hybridized carbons (Fsp3) is 0.483. The molecule has 0 bridgehead atoms. The van der Waals surface area contributed by atoms with Gasteiger partial charge in [-0.1, -0.05) is 99.8 Å². The number of benzene rings is 4. The number of hydrogen-bond donors (Lipinski definition) is 2. The van der Waals surface area contributed by atoms with Crippen LogP contribution in [0.25, 0.3) is 0 Å². The molecule has 8 nitrogen and oxygen atoms in total. The van der Waals surface area contributed by atoms with Gasteiger partial charge in [0.25, 0.3) is 0 Å². The minimum atomic E-state index is -0.589. The molecule has 0 unspecified atom stereocenters. The molecule has 2 N–H and O–H groups in total. The van der Waals surface area contributed by atoms with E-state index in [-0.39, 0.29) is 21.5 Å². The van der Waals surface area contributed by atoms with E-state index >= 15 is 0 Å². The largest absolute Gasteiger partial charge is 0.494 e. The first kappa shape index (κ1) is 50.9. The van der Waals surface area contributed by atoms with Gasteiger partial charge in [-0.05, 0) is 185 Å². The molecule has 0 aromatic heterocycles. The van der Waals surface area contributed by atoms with Crippen LogP contribution >= 0.6 is 23.2 Å². The van der Waals surface area contributed by atoms with Crippen LogP contribution in [0.15, 0.2) is 119 Å². The molecular weight excluding hydrogens is 892 g/mol. The van der Waals surface area contributed by atoms with Crippen LogP contribution < -0.4 is 29.6 Å². The van der Waals surface area contributed by atoms with E-state index < -0.39 is 11.6 Å². The first-order valence-corrected chi connectivity index (χ1v) is 26.4. The Balaban J connectivity index is 0.758. The standard InChI is InChI=1S/C58H72Cl2N2O6/c1-3-5-11-41-13-17-43(18-14-41)45-21-29-49(30-22-45)65-37-7-9-39-67-51-33-25-47(26-34-51)61-55-53(59)58(64)56(54(60)57(55)63)62-48-27-35-52(36-28-48)68-40-10-8-38-66-50-31-23-46(24-32-50)44-19-15-42(16-20-44)12-6-4-2/h21-36,41-44,61-62H,3-20,37-40H2,1-2H3. The quantitative estimate of drug-likeness (QED) is 0.0475. The normalized spacial score (nSPS) is 19.8. The van der Waals surface area contributed by atoms with Crippen molar-refractivity contribution in [3.05, 3.63) is 130 Å². The van der Waals surface area contributed by atoms with E-state index in [1.807, 2.05) is 0 Å². The van der Waals surface area contributed by atoms with Crippen molar-refractivity contribution in [3.8, 4) is 23.0 Å². The van der Waals surface area contributed by atoms with Crippen LogP contribution in [0.2, 0.25) is 0 Å². The summed E-state index contributed by atoms with van der Waals surface area (Å²) in [4.78, 5) is 26.7. The minimum Gasteiger partial charge on any atom is -0.494 e. The zero-order chi connectivity index (χ0) is 47.5. The van der Waals surface area contributed by atoms with Crippen LogP contribution in [-0.2, 0) is 9.59 Å². The second-order valence-corrected chi connectivity index (χ2v) is 19.8. The highest BCUT2D eigenvalue weighted by atomic mass is 35.5. The van der Waals surface area contributed by atoms with Crippen LogP contribution in [0.4, 0.5) is 11.4 Å². The van der Waals surface area contributed by atoms with Crippen LogP contribution in [0.3, 0.4) is 0 Å². The molecular formula is C58H72Cl2N2O6. The topological polar surface area (TPSA) is 95.1 Å². The smallest absolute Gasteiger partial charge is 0.224 e. The lowest BCUT2D eigenvalue weighted by atomic mass is 9.77. The maximum atomic E-state index is 13.4. The van der Waals surface area contributed by atoms with Crippen molar-refractivity contribution in [2.45, 2.75) is 141 Å². The number of allylic oxidation sites excluding steroid dienone is 2. The Hall–Kier alpha value is -4.92. The molecule has 3 aliphatic rings. The van der Waals surface area contributed by atoms with Gasteiger partial charge in [0.1, 0.15) is 44.5 Å². The highest BCUT2D eigenvalue weighted by molar-refractivity contribution is 6.56. The maximum Gasteiger partial charge on any atom is 0.224 e. The van der Waals surface area contributed by atoms with Gasteiger partial charge in [0.05, 0.1) is 26.4 Å². The van der Waals surface area contributed by atoms with Crippen molar-refractivity contribution in [1.82, 2.24) is 0 Å². The lowest BCUT2D eigenvalue weighted by molar-refractivity contribution is -0.115. The average molecular weight is 964 g/mol. The Morgan fingerprint density at radius 3 is 1.01 bits per heavy atom. The molecule has 10 heteroatoms. The number of anilines is 2. The third-order valence-corrected chi connectivity index (χ3v) is 14.7. The van der Waals surface area contributed by atoms with E-state index in [1.165, 1.54) is 101 Å². The van der Waals surface area contributed by atoms with Gasteiger partial charge >= 0.3 is 0 Å². The van der Waals surface area contributed by atoms with Gasteiger partial charge in [-0.3, -0.25) is 9.59 Å². The number of unbranched alkanes of at least 4 members (excludes halogenated alkanes) is 4. The predicted octanol–water partition coefficient (Wildman–Crippen LogP) is 15.7. The SMILES string of the molecule is CCCCC1CCC(c2ccc(OCCCCOc3ccc(NC4=C(Cl)C(=O)C(Nc5ccc(OCCCCOc6ccc(C7CCC(CCCC)CC7)cc6)cc5)=C(Cl)C4=O)cc3)cc2)CC1. The molecule has 0 radical (unpaired) electrons. The molecule has 2 fully saturated rings. The summed E-state index contributed by atoms with van der Waals surface area (Å²) in [5, 5.41) is 5.46. The van der Waals surface area contributed by atoms with E-state index in [0.29, 0.717) is 61.1 Å². The predicted molar refractivity (Wildman–Crippen MR) is 278 cm³/mol. The number of nitrogens with one attached hydrogen (secondary N) is 2. The maximum absolute atomic E-state index is 13.4. The second-order valence-electron chi connectivity index (χ2n) is 19.0. The summed E-state index contributed by atoms with van der Waals surface area (Å²) in [6, 6.07) is 31.7. The van der Waals surface area contributed by atoms with Crippen molar-refractivity contribution in [2.75, 3.05) is 37.1 Å². The van der Waals surface area contributed by atoms with Gasteiger partial charge in [0, 0.05) is 11.4 Å². The molecule has 0 spiro atoms. The molecule has 4 aromatic carbocycles. The molecule has 2 saturated carbocycles. The number of Topliss-reactive ketones (excluding diaryl/α,β-unsaturated/α-hetero) is 2.